The van der Waals surface area contributed by atoms with Crippen molar-refractivity contribution < 1.29 is 0 Å². The number of thiophene rings is 1. The van der Waals surface area contributed by atoms with Crippen molar-refractivity contribution in [3.05, 3.63) is 92.5 Å². The van der Waals surface area contributed by atoms with Crippen molar-refractivity contribution >= 4 is 17.3 Å². The summed E-state index contributed by atoms with van der Waals surface area (Å²) in [5, 5.41) is 8.70. The topological polar surface area (TPSA) is 58.4 Å². The number of pyridine rings is 1. The van der Waals surface area contributed by atoms with Gasteiger partial charge in [-0.3, -0.25) is 4.79 Å². The summed E-state index contributed by atoms with van der Waals surface area (Å²) >= 11 is 1.73. The van der Waals surface area contributed by atoms with Gasteiger partial charge in [0, 0.05) is 23.7 Å². The first-order valence-corrected chi connectivity index (χ1v) is 9.90. The smallest absolute Gasteiger partial charge is 0.250 e. The van der Waals surface area contributed by atoms with Crippen LogP contribution in [-0.2, 0) is 19.6 Å². The van der Waals surface area contributed by atoms with Gasteiger partial charge < -0.3 is 15.2 Å². The van der Waals surface area contributed by atoms with Crippen molar-refractivity contribution in [1.29, 1.82) is 0 Å². The fourth-order valence-electron chi connectivity index (χ4n) is 2.63. The standard InChI is InChI=1S/C21H24N4OS/c1-2-22-21(24-15-19-6-5-13-27-19)23-14-17-8-10-18(11-9-17)16-25-12-4-3-7-20(25)26/h3-13H,2,14-16H2,1H3,(H2,22,23,24). The molecule has 0 amide bonds. The zero-order chi connectivity index (χ0) is 18.9. The maximum atomic E-state index is 11.8. The second-order valence-corrected chi connectivity index (χ2v) is 7.14. The number of nitrogens with one attached hydrogen (secondary N) is 2. The summed E-state index contributed by atoms with van der Waals surface area (Å²) in [6.07, 6.45) is 1.81. The Hall–Kier alpha value is -2.86. The highest BCUT2D eigenvalue weighted by molar-refractivity contribution is 7.09. The van der Waals surface area contributed by atoms with Crippen LogP contribution in [0, 0.1) is 0 Å². The summed E-state index contributed by atoms with van der Waals surface area (Å²) in [6, 6.07) is 17.6. The first-order chi connectivity index (χ1) is 13.2. The van der Waals surface area contributed by atoms with E-state index in [1.54, 1.807) is 28.0 Å². The van der Waals surface area contributed by atoms with Crippen LogP contribution in [0.5, 0.6) is 0 Å². The van der Waals surface area contributed by atoms with Crippen LogP contribution in [0.2, 0.25) is 0 Å². The lowest BCUT2D eigenvalue weighted by molar-refractivity contribution is 0.759. The third-order valence-corrected chi connectivity index (χ3v) is 4.93. The van der Waals surface area contributed by atoms with Gasteiger partial charge in [0.2, 0.25) is 0 Å². The average molecular weight is 381 g/mol. The van der Waals surface area contributed by atoms with Gasteiger partial charge in [-0.15, -0.1) is 11.3 Å². The lowest BCUT2D eigenvalue weighted by Gasteiger charge is -2.10. The van der Waals surface area contributed by atoms with Gasteiger partial charge in [-0.25, -0.2) is 4.99 Å². The van der Waals surface area contributed by atoms with E-state index in [1.165, 1.54) is 4.88 Å². The Bertz CT molecular complexity index is 914. The number of nitrogens with zero attached hydrogens (tertiary/aromatic N) is 2. The molecule has 0 saturated heterocycles. The number of benzene rings is 1. The summed E-state index contributed by atoms with van der Waals surface area (Å²) in [5.41, 5.74) is 2.24. The minimum atomic E-state index is 0.0123. The van der Waals surface area contributed by atoms with Gasteiger partial charge in [-0.2, -0.15) is 0 Å². The molecule has 0 radical (unpaired) electrons. The SMILES string of the molecule is CCNC(=NCc1ccc(Cn2ccccc2=O)cc1)NCc1cccs1. The van der Waals surface area contributed by atoms with E-state index in [0.717, 1.165) is 30.2 Å². The second kappa shape index (κ2) is 9.73. The van der Waals surface area contributed by atoms with E-state index in [1.807, 2.05) is 12.3 Å². The summed E-state index contributed by atoms with van der Waals surface area (Å²) in [6.45, 7) is 4.83. The molecule has 1 aromatic carbocycles. The molecule has 2 N–H and O–H groups in total. The van der Waals surface area contributed by atoms with Gasteiger partial charge in [0.05, 0.1) is 19.6 Å². The van der Waals surface area contributed by atoms with Gasteiger partial charge >= 0.3 is 0 Å². The fourth-order valence-corrected chi connectivity index (χ4v) is 3.28. The summed E-state index contributed by atoms with van der Waals surface area (Å²) in [7, 11) is 0. The number of guanidine groups is 1. The highest BCUT2D eigenvalue weighted by Gasteiger charge is 2.01. The van der Waals surface area contributed by atoms with E-state index in [4.69, 9.17) is 0 Å². The van der Waals surface area contributed by atoms with Crippen LogP contribution in [0.15, 0.2) is 76.0 Å². The van der Waals surface area contributed by atoms with Crippen LogP contribution in [0.25, 0.3) is 0 Å². The molecule has 0 fully saturated rings. The van der Waals surface area contributed by atoms with Gasteiger partial charge in [-0.05, 0) is 35.6 Å². The lowest BCUT2D eigenvalue weighted by Crippen LogP contribution is -2.36. The highest BCUT2D eigenvalue weighted by Crippen LogP contribution is 2.08. The minimum Gasteiger partial charge on any atom is -0.357 e. The number of hydrogen-bond acceptors (Lipinski definition) is 3. The number of aliphatic imine (C=N–C) groups is 1. The predicted molar refractivity (Wildman–Crippen MR) is 112 cm³/mol. The van der Waals surface area contributed by atoms with Crippen molar-refractivity contribution in [1.82, 2.24) is 15.2 Å². The van der Waals surface area contributed by atoms with E-state index in [-0.39, 0.29) is 5.56 Å². The maximum Gasteiger partial charge on any atom is 0.250 e. The molecule has 0 bridgehead atoms. The van der Waals surface area contributed by atoms with E-state index in [2.05, 4.69) is 64.3 Å². The van der Waals surface area contributed by atoms with E-state index >= 15 is 0 Å². The van der Waals surface area contributed by atoms with Crippen molar-refractivity contribution in [2.45, 2.75) is 26.6 Å². The zero-order valence-corrected chi connectivity index (χ0v) is 16.2. The van der Waals surface area contributed by atoms with E-state index in [0.29, 0.717) is 13.1 Å². The van der Waals surface area contributed by atoms with Crippen molar-refractivity contribution in [2.75, 3.05) is 6.54 Å². The molecule has 2 aromatic heterocycles. The summed E-state index contributed by atoms with van der Waals surface area (Å²) in [4.78, 5) is 17.7. The van der Waals surface area contributed by atoms with Crippen LogP contribution in [0.4, 0.5) is 0 Å². The van der Waals surface area contributed by atoms with E-state index < -0.39 is 0 Å². The Morgan fingerprint density at radius 1 is 1.04 bits per heavy atom. The Labute approximate surface area is 163 Å². The Kier molecular flexibility index (Phi) is 6.82. The third kappa shape index (κ3) is 5.82. The molecule has 0 atom stereocenters. The Balaban J connectivity index is 1.59. The van der Waals surface area contributed by atoms with Gasteiger partial charge in [0.1, 0.15) is 0 Å². The van der Waals surface area contributed by atoms with Gasteiger partial charge in [0.15, 0.2) is 5.96 Å². The monoisotopic (exact) mass is 380 g/mol. The summed E-state index contributed by atoms with van der Waals surface area (Å²) < 4.78 is 1.70. The molecule has 5 nitrogen and oxygen atoms in total. The maximum absolute atomic E-state index is 11.8. The summed E-state index contributed by atoms with van der Waals surface area (Å²) in [5.74, 6) is 0.811. The van der Waals surface area contributed by atoms with E-state index in [9.17, 15) is 4.79 Å². The minimum absolute atomic E-state index is 0.0123. The molecular weight excluding hydrogens is 356 g/mol. The predicted octanol–water partition coefficient (Wildman–Crippen LogP) is 3.21. The number of rotatable bonds is 7. The van der Waals surface area contributed by atoms with Gasteiger partial charge in [-0.1, -0.05) is 36.4 Å². The normalized spacial score (nSPS) is 11.4. The molecule has 3 rings (SSSR count). The third-order valence-electron chi connectivity index (χ3n) is 4.05. The van der Waals surface area contributed by atoms with Crippen LogP contribution < -0.4 is 16.2 Å². The average Bonchev–Trinajstić information content (AvgIpc) is 3.21. The molecule has 3 aromatic rings. The van der Waals surface area contributed by atoms with Crippen LogP contribution in [0.1, 0.15) is 22.9 Å². The molecule has 0 aliphatic heterocycles. The van der Waals surface area contributed by atoms with Crippen molar-refractivity contribution in [2.24, 2.45) is 4.99 Å². The largest absolute Gasteiger partial charge is 0.357 e. The molecule has 0 saturated carbocycles. The molecule has 6 heteroatoms. The number of hydrogen-bond donors (Lipinski definition) is 2. The first-order valence-electron chi connectivity index (χ1n) is 9.02. The van der Waals surface area contributed by atoms with Gasteiger partial charge in [0.25, 0.3) is 5.56 Å². The lowest BCUT2D eigenvalue weighted by atomic mass is 10.1. The Morgan fingerprint density at radius 3 is 2.56 bits per heavy atom. The molecule has 0 aliphatic carbocycles. The van der Waals surface area contributed by atoms with Crippen molar-refractivity contribution in [3.8, 4) is 0 Å². The molecule has 0 unspecified atom stereocenters. The second-order valence-electron chi connectivity index (χ2n) is 6.11. The molecule has 2 heterocycles. The zero-order valence-electron chi connectivity index (χ0n) is 15.4. The van der Waals surface area contributed by atoms with Crippen LogP contribution >= 0.6 is 11.3 Å². The van der Waals surface area contributed by atoms with Crippen molar-refractivity contribution in [3.63, 3.8) is 0 Å². The number of aromatic nitrogens is 1. The molecule has 0 aliphatic rings. The highest BCUT2D eigenvalue weighted by atomic mass is 32.1. The molecule has 0 spiro atoms. The molecular formula is C21H24N4OS. The quantitative estimate of drug-likeness (QED) is 0.489. The van der Waals surface area contributed by atoms with Crippen LogP contribution in [0.3, 0.4) is 0 Å². The molecule has 140 valence electrons. The molecule has 27 heavy (non-hydrogen) atoms. The fraction of sp³-hybridized carbons (Fsp3) is 0.238. The van der Waals surface area contributed by atoms with Crippen LogP contribution in [-0.4, -0.2) is 17.1 Å². The Morgan fingerprint density at radius 2 is 1.85 bits per heavy atom. The first kappa shape index (κ1) is 18.9.